The molecule has 0 bridgehead atoms. The van der Waals surface area contributed by atoms with Crippen LogP contribution in [0.1, 0.15) is 57.2 Å². The summed E-state index contributed by atoms with van der Waals surface area (Å²) in [5.41, 5.74) is 2.07. The highest BCUT2D eigenvalue weighted by Gasteiger charge is 2.08. The van der Waals surface area contributed by atoms with E-state index in [-0.39, 0.29) is 24.0 Å². The normalized spacial score (nSPS) is 13.1. The Balaban J connectivity index is -0.000000367. The smallest absolute Gasteiger partial charge is 0.290 e. The molecule has 2 aromatic carbocycles. The van der Waals surface area contributed by atoms with E-state index in [9.17, 15) is 13.2 Å². The molecule has 0 spiro atoms. The summed E-state index contributed by atoms with van der Waals surface area (Å²) in [5, 5.41) is 21.5. The van der Waals surface area contributed by atoms with Crippen molar-refractivity contribution in [2.75, 3.05) is 20.1 Å². The zero-order valence-electron chi connectivity index (χ0n) is 20.6. The zero-order valence-corrected chi connectivity index (χ0v) is 20.6. The van der Waals surface area contributed by atoms with Crippen molar-refractivity contribution in [3.05, 3.63) is 71.0 Å². The first-order chi connectivity index (χ1) is 15.8. The Kier molecular flexibility index (Phi) is 27.5. The summed E-state index contributed by atoms with van der Waals surface area (Å²) >= 11 is 0. The van der Waals surface area contributed by atoms with E-state index in [0.29, 0.717) is 0 Å². The van der Waals surface area contributed by atoms with Crippen molar-refractivity contribution in [2.45, 2.75) is 60.1 Å². The van der Waals surface area contributed by atoms with Crippen molar-refractivity contribution in [3.63, 3.8) is 0 Å². The molecule has 1 fully saturated rings. The van der Waals surface area contributed by atoms with Gasteiger partial charge >= 0.3 is 0 Å². The highest BCUT2D eigenvalue weighted by molar-refractivity contribution is 5.32. The summed E-state index contributed by atoms with van der Waals surface area (Å²) in [5.74, 6) is -0.173. The Hall–Kier alpha value is -2.42. The lowest BCUT2D eigenvalue weighted by atomic mass is 10.2. The van der Waals surface area contributed by atoms with Gasteiger partial charge in [0.15, 0.2) is 0 Å². The number of β-amino-alcohol motifs (C(OH)–C–C–N with tert-alkyl or cyclic N) is 1. The number of hydrogen-bond donors (Lipinski definition) is 4. The second-order valence-electron chi connectivity index (χ2n) is 6.12. The third kappa shape index (κ3) is 22.6. The number of aliphatic hydroxyl groups is 1. The Morgan fingerprint density at radius 2 is 1.67 bits per heavy atom. The van der Waals surface area contributed by atoms with Gasteiger partial charge < -0.3 is 20.8 Å². The lowest BCUT2D eigenvalue weighted by Gasteiger charge is -1.97. The van der Waals surface area contributed by atoms with Crippen LogP contribution in [-0.2, 0) is 11.3 Å². The van der Waals surface area contributed by atoms with Gasteiger partial charge in [-0.2, -0.15) is 0 Å². The van der Waals surface area contributed by atoms with Gasteiger partial charge in [-0.1, -0.05) is 69.7 Å². The van der Waals surface area contributed by atoms with Crippen molar-refractivity contribution in [2.24, 2.45) is 0 Å². The van der Waals surface area contributed by atoms with Crippen molar-refractivity contribution in [1.82, 2.24) is 10.6 Å². The standard InChI is InChI=1S/C8H8F2.C8H10FN.C4H9NO.2C2H6.CH2O2/c1-6-2-4-7(5-3-6)8(9)10;1-10-6-7-3-2-4-8(9)5-7;6-4-1-2-5-3-4;2*1-2;2-1-3/h2-5,8H,1H3;2-5,10H,6H2,1H3;4-6H,1-3H2;2*1-2H3;1H,(H,2,3). The molecule has 0 aliphatic carbocycles. The van der Waals surface area contributed by atoms with Crippen LogP contribution in [-0.4, -0.2) is 42.9 Å². The Labute approximate surface area is 197 Å². The van der Waals surface area contributed by atoms with Crippen molar-refractivity contribution < 1.29 is 28.2 Å². The molecule has 3 rings (SSSR count). The molecule has 1 heterocycles. The van der Waals surface area contributed by atoms with Gasteiger partial charge in [-0.3, -0.25) is 4.79 Å². The van der Waals surface area contributed by atoms with Crippen LogP contribution in [0.15, 0.2) is 48.5 Å². The van der Waals surface area contributed by atoms with Gasteiger partial charge in [-0.15, -0.1) is 0 Å². The molecule has 33 heavy (non-hydrogen) atoms. The molecule has 2 aromatic rings. The number of hydrogen-bond acceptors (Lipinski definition) is 4. The maximum absolute atomic E-state index is 12.5. The van der Waals surface area contributed by atoms with Crippen molar-refractivity contribution in [1.29, 1.82) is 0 Å². The van der Waals surface area contributed by atoms with Gasteiger partial charge in [-0.05, 0) is 44.6 Å². The van der Waals surface area contributed by atoms with Crippen LogP contribution in [0.2, 0.25) is 0 Å². The van der Waals surface area contributed by atoms with Gasteiger partial charge in [0.05, 0.1) is 6.10 Å². The van der Waals surface area contributed by atoms with E-state index in [2.05, 4.69) is 10.6 Å². The molecule has 1 aliphatic rings. The van der Waals surface area contributed by atoms with Gasteiger partial charge in [-0.25, -0.2) is 13.2 Å². The first kappa shape index (κ1) is 35.2. The van der Waals surface area contributed by atoms with E-state index in [1.165, 1.54) is 24.3 Å². The van der Waals surface area contributed by atoms with Crippen LogP contribution >= 0.6 is 0 Å². The molecule has 0 radical (unpaired) electrons. The predicted molar refractivity (Wildman–Crippen MR) is 130 cm³/mol. The highest BCUT2D eigenvalue weighted by atomic mass is 19.3. The highest BCUT2D eigenvalue weighted by Crippen LogP contribution is 2.18. The summed E-state index contributed by atoms with van der Waals surface area (Å²) in [6, 6.07) is 12.8. The third-order valence-corrected chi connectivity index (χ3v) is 3.63. The van der Waals surface area contributed by atoms with Gasteiger partial charge in [0.25, 0.3) is 12.9 Å². The molecule has 190 valence electrons. The number of nitrogens with one attached hydrogen (secondary N) is 2. The first-order valence-corrected chi connectivity index (χ1v) is 11.0. The van der Waals surface area contributed by atoms with Gasteiger partial charge in [0, 0.05) is 18.7 Å². The van der Waals surface area contributed by atoms with Crippen LogP contribution in [0.5, 0.6) is 0 Å². The molecular weight excluding hydrogens is 433 g/mol. The fourth-order valence-corrected chi connectivity index (χ4v) is 2.20. The van der Waals surface area contributed by atoms with E-state index in [4.69, 9.17) is 15.0 Å². The number of rotatable bonds is 3. The van der Waals surface area contributed by atoms with E-state index < -0.39 is 6.43 Å². The van der Waals surface area contributed by atoms with Gasteiger partial charge in [0.2, 0.25) is 0 Å². The first-order valence-electron chi connectivity index (χ1n) is 11.0. The number of halogens is 3. The quantitative estimate of drug-likeness (QED) is 0.437. The van der Waals surface area contributed by atoms with Crippen LogP contribution < -0.4 is 10.6 Å². The molecular formula is C25H41F3N2O3. The molecule has 4 N–H and O–H groups in total. The number of aliphatic hydroxyl groups excluding tert-OH is 1. The minimum absolute atomic E-state index is 0.0648. The minimum atomic E-state index is -2.35. The molecule has 1 aliphatic heterocycles. The van der Waals surface area contributed by atoms with E-state index >= 15 is 0 Å². The number of benzene rings is 2. The zero-order chi connectivity index (χ0) is 26.1. The van der Waals surface area contributed by atoms with Crippen LogP contribution in [0.4, 0.5) is 13.2 Å². The van der Waals surface area contributed by atoms with Crippen LogP contribution in [0, 0.1) is 12.7 Å². The largest absolute Gasteiger partial charge is 0.483 e. The number of aryl methyl sites for hydroxylation is 1. The average Bonchev–Trinajstić information content (AvgIpc) is 3.29. The molecule has 0 amide bonds. The second-order valence-corrected chi connectivity index (χ2v) is 6.12. The molecule has 1 atom stereocenters. The maximum atomic E-state index is 12.5. The minimum Gasteiger partial charge on any atom is -0.483 e. The van der Waals surface area contributed by atoms with Crippen molar-refractivity contribution >= 4 is 6.47 Å². The topological polar surface area (TPSA) is 81.6 Å². The summed E-state index contributed by atoms with van der Waals surface area (Å²) in [4.78, 5) is 8.36. The van der Waals surface area contributed by atoms with E-state index in [0.717, 1.165) is 37.2 Å². The predicted octanol–water partition coefficient (Wildman–Crippen LogP) is 5.57. The van der Waals surface area contributed by atoms with Crippen LogP contribution in [0.25, 0.3) is 0 Å². The monoisotopic (exact) mass is 474 g/mol. The fraction of sp³-hybridized carbons (Fsp3) is 0.480. The lowest BCUT2D eigenvalue weighted by molar-refractivity contribution is -0.122. The second kappa shape index (κ2) is 25.8. The SMILES string of the molecule is CC.CC.CNCc1cccc(F)c1.Cc1ccc(C(F)F)cc1.O=CO.OC1CCNC1. The molecule has 0 aromatic heterocycles. The molecule has 1 saturated heterocycles. The van der Waals surface area contributed by atoms with E-state index in [1.807, 2.05) is 47.7 Å². The molecule has 1 unspecified atom stereocenters. The Bertz CT molecular complexity index is 666. The average molecular weight is 475 g/mol. The van der Waals surface area contributed by atoms with E-state index in [1.54, 1.807) is 18.2 Å². The molecule has 8 heteroatoms. The number of carboxylic acid groups (broad SMARTS) is 1. The summed E-state index contributed by atoms with van der Waals surface area (Å²) in [6.45, 7) is 12.1. The third-order valence-electron chi connectivity index (χ3n) is 3.63. The Morgan fingerprint density at radius 1 is 1.12 bits per heavy atom. The summed E-state index contributed by atoms with van der Waals surface area (Å²) in [7, 11) is 1.84. The number of alkyl halides is 2. The van der Waals surface area contributed by atoms with Gasteiger partial charge in [0.1, 0.15) is 5.82 Å². The Morgan fingerprint density at radius 3 is 2.00 bits per heavy atom. The maximum Gasteiger partial charge on any atom is 0.290 e. The van der Waals surface area contributed by atoms with Crippen LogP contribution in [0.3, 0.4) is 0 Å². The summed E-state index contributed by atoms with van der Waals surface area (Å²) < 4.78 is 36.3. The molecule has 5 nitrogen and oxygen atoms in total. The molecule has 0 saturated carbocycles. The lowest BCUT2D eigenvalue weighted by Crippen LogP contribution is -2.11. The number of carbonyl (C=O) groups is 1. The summed E-state index contributed by atoms with van der Waals surface area (Å²) in [6.07, 6.45) is -1.48. The fourth-order valence-electron chi connectivity index (χ4n) is 2.20. The van der Waals surface area contributed by atoms with Crippen molar-refractivity contribution in [3.8, 4) is 0 Å².